The number of hydrogen-bond acceptors (Lipinski definition) is 4. The van der Waals surface area contributed by atoms with Gasteiger partial charge in [-0.05, 0) is 30.3 Å². The van der Waals surface area contributed by atoms with Gasteiger partial charge in [-0.15, -0.1) is 0 Å². The monoisotopic (exact) mass is 320 g/mol. The van der Waals surface area contributed by atoms with Crippen LogP contribution in [0.3, 0.4) is 0 Å². The van der Waals surface area contributed by atoms with Crippen molar-refractivity contribution in [2.24, 2.45) is 0 Å². The summed E-state index contributed by atoms with van der Waals surface area (Å²) in [7, 11) is 0. The van der Waals surface area contributed by atoms with Crippen molar-refractivity contribution in [2.75, 3.05) is 11.4 Å². The van der Waals surface area contributed by atoms with E-state index in [-0.39, 0.29) is 12.2 Å². The molecular formula is C18H16N4O2. The van der Waals surface area contributed by atoms with E-state index in [0.29, 0.717) is 13.1 Å². The molecule has 1 amide bonds. The predicted molar refractivity (Wildman–Crippen MR) is 89.5 cm³/mol. The van der Waals surface area contributed by atoms with Crippen LogP contribution in [0.25, 0.3) is 11.3 Å². The Morgan fingerprint density at radius 2 is 1.83 bits per heavy atom. The molecule has 0 N–H and O–H groups in total. The van der Waals surface area contributed by atoms with Crippen LogP contribution >= 0.6 is 0 Å². The summed E-state index contributed by atoms with van der Waals surface area (Å²) < 4.78 is 7.37. The van der Waals surface area contributed by atoms with Gasteiger partial charge in [0.15, 0.2) is 0 Å². The molecule has 3 aromatic rings. The van der Waals surface area contributed by atoms with Crippen LogP contribution in [0.4, 0.5) is 10.5 Å². The summed E-state index contributed by atoms with van der Waals surface area (Å²) in [5.74, 6) is 0. The average molecular weight is 320 g/mol. The molecule has 1 atom stereocenters. The Bertz CT molecular complexity index is 832. The molecule has 6 nitrogen and oxygen atoms in total. The molecule has 0 radical (unpaired) electrons. The molecule has 4 rings (SSSR count). The van der Waals surface area contributed by atoms with E-state index < -0.39 is 0 Å². The molecule has 0 spiro atoms. The normalized spacial score (nSPS) is 17.1. The second kappa shape index (κ2) is 6.16. The highest BCUT2D eigenvalue weighted by molar-refractivity contribution is 5.89. The van der Waals surface area contributed by atoms with Gasteiger partial charge >= 0.3 is 6.09 Å². The number of amides is 1. The maximum atomic E-state index is 12.1. The number of nitrogens with zero attached hydrogens (tertiary/aromatic N) is 4. The number of cyclic esters (lactones) is 1. The quantitative estimate of drug-likeness (QED) is 0.741. The highest BCUT2D eigenvalue weighted by atomic mass is 16.6. The number of carbonyl (C=O) groups is 1. The van der Waals surface area contributed by atoms with Crippen molar-refractivity contribution in [1.29, 1.82) is 0 Å². The third-order valence-corrected chi connectivity index (χ3v) is 4.01. The molecule has 120 valence electrons. The highest BCUT2D eigenvalue weighted by Gasteiger charge is 2.32. The largest absolute Gasteiger partial charge is 0.442 e. The van der Waals surface area contributed by atoms with E-state index >= 15 is 0 Å². The van der Waals surface area contributed by atoms with Gasteiger partial charge in [0.1, 0.15) is 6.10 Å². The number of anilines is 1. The van der Waals surface area contributed by atoms with E-state index in [1.807, 2.05) is 53.2 Å². The first-order valence-corrected chi connectivity index (χ1v) is 7.77. The molecule has 24 heavy (non-hydrogen) atoms. The molecule has 0 bridgehead atoms. The first-order valence-electron chi connectivity index (χ1n) is 7.77. The van der Waals surface area contributed by atoms with Crippen LogP contribution in [0.2, 0.25) is 0 Å². The molecule has 0 aliphatic carbocycles. The van der Waals surface area contributed by atoms with Crippen LogP contribution in [0.1, 0.15) is 0 Å². The number of ether oxygens (including phenoxy) is 1. The summed E-state index contributed by atoms with van der Waals surface area (Å²) >= 11 is 0. The van der Waals surface area contributed by atoms with E-state index in [4.69, 9.17) is 4.74 Å². The van der Waals surface area contributed by atoms with Crippen molar-refractivity contribution in [2.45, 2.75) is 12.6 Å². The molecule has 1 aliphatic heterocycles. The number of pyridine rings is 1. The lowest BCUT2D eigenvalue weighted by Gasteiger charge is -2.13. The van der Waals surface area contributed by atoms with E-state index in [9.17, 15) is 4.79 Å². The standard InChI is InChI=1S/C18H16N4O2/c23-18-21(15-4-2-1-3-5-15)12-16(24-18)13-22-17(8-11-20-22)14-6-9-19-10-7-14/h1-11,16H,12-13H2. The molecule has 3 heterocycles. The molecular weight excluding hydrogens is 304 g/mol. The molecule has 1 fully saturated rings. The lowest BCUT2D eigenvalue weighted by atomic mass is 10.2. The van der Waals surface area contributed by atoms with Gasteiger partial charge in [0.25, 0.3) is 0 Å². The fourth-order valence-corrected chi connectivity index (χ4v) is 2.87. The zero-order valence-electron chi connectivity index (χ0n) is 12.9. The Kier molecular flexibility index (Phi) is 3.70. The topological polar surface area (TPSA) is 60.3 Å². The van der Waals surface area contributed by atoms with Crippen molar-refractivity contribution in [3.63, 3.8) is 0 Å². The summed E-state index contributed by atoms with van der Waals surface area (Å²) in [6.45, 7) is 1.03. The van der Waals surface area contributed by atoms with Crippen molar-refractivity contribution < 1.29 is 9.53 Å². The van der Waals surface area contributed by atoms with E-state index in [1.165, 1.54) is 0 Å². The maximum Gasteiger partial charge on any atom is 0.414 e. The number of carbonyl (C=O) groups excluding carboxylic acids is 1. The van der Waals surface area contributed by atoms with Crippen LogP contribution < -0.4 is 4.90 Å². The van der Waals surface area contributed by atoms with Crippen molar-refractivity contribution in [1.82, 2.24) is 14.8 Å². The molecule has 1 aromatic carbocycles. The maximum absolute atomic E-state index is 12.1. The van der Waals surface area contributed by atoms with E-state index in [1.54, 1.807) is 23.5 Å². The van der Waals surface area contributed by atoms with Crippen LogP contribution in [0.15, 0.2) is 67.1 Å². The van der Waals surface area contributed by atoms with Gasteiger partial charge in [0, 0.05) is 29.8 Å². The van der Waals surface area contributed by atoms with Crippen molar-refractivity contribution in [3.05, 3.63) is 67.1 Å². The summed E-state index contributed by atoms with van der Waals surface area (Å²) in [6, 6.07) is 15.4. The molecule has 1 aliphatic rings. The number of hydrogen-bond donors (Lipinski definition) is 0. The van der Waals surface area contributed by atoms with Gasteiger partial charge in [-0.3, -0.25) is 14.6 Å². The predicted octanol–water partition coefficient (Wildman–Crippen LogP) is 2.97. The minimum absolute atomic E-state index is 0.238. The van der Waals surface area contributed by atoms with Gasteiger partial charge in [-0.2, -0.15) is 5.10 Å². The second-order valence-corrected chi connectivity index (χ2v) is 5.59. The first kappa shape index (κ1) is 14.4. The highest BCUT2D eigenvalue weighted by Crippen LogP contribution is 2.23. The Morgan fingerprint density at radius 3 is 2.62 bits per heavy atom. The summed E-state index contributed by atoms with van der Waals surface area (Å²) in [6.07, 6.45) is 4.70. The molecule has 2 aromatic heterocycles. The van der Waals surface area contributed by atoms with Crippen LogP contribution in [-0.2, 0) is 11.3 Å². The fourth-order valence-electron chi connectivity index (χ4n) is 2.87. The minimum atomic E-state index is -0.316. The molecule has 0 saturated carbocycles. The zero-order chi connectivity index (χ0) is 16.4. The van der Waals surface area contributed by atoms with E-state index in [0.717, 1.165) is 16.9 Å². The van der Waals surface area contributed by atoms with Gasteiger partial charge in [-0.1, -0.05) is 18.2 Å². The van der Waals surface area contributed by atoms with Gasteiger partial charge < -0.3 is 4.74 Å². The Morgan fingerprint density at radius 1 is 1.04 bits per heavy atom. The number of para-hydroxylation sites is 1. The minimum Gasteiger partial charge on any atom is -0.442 e. The number of rotatable bonds is 4. The Hall–Kier alpha value is -3.15. The number of aromatic nitrogens is 3. The second-order valence-electron chi connectivity index (χ2n) is 5.59. The van der Waals surface area contributed by atoms with Gasteiger partial charge in [0.05, 0.1) is 18.8 Å². The molecule has 6 heteroatoms. The van der Waals surface area contributed by atoms with Crippen LogP contribution in [-0.4, -0.2) is 33.5 Å². The van der Waals surface area contributed by atoms with Crippen LogP contribution in [0.5, 0.6) is 0 Å². The average Bonchev–Trinajstić information content (AvgIpc) is 3.23. The van der Waals surface area contributed by atoms with E-state index in [2.05, 4.69) is 10.1 Å². The Labute approximate surface area is 139 Å². The molecule has 1 unspecified atom stereocenters. The lowest BCUT2D eigenvalue weighted by Crippen LogP contribution is -2.26. The SMILES string of the molecule is O=C1OC(Cn2nccc2-c2ccncc2)CN1c1ccccc1. The summed E-state index contributed by atoms with van der Waals surface area (Å²) in [5, 5.41) is 4.37. The van der Waals surface area contributed by atoms with Crippen molar-refractivity contribution >= 4 is 11.8 Å². The summed E-state index contributed by atoms with van der Waals surface area (Å²) in [5.41, 5.74) is 2.86. The fraction of sp³-hybridized carbons (Fsp3) is 0.167. The third-order valence-electron chi connectivity index (χ3n) is 4.01. The Balaban J connectivity index is 1.52. The van der Waals surface area contributed by atoms with Gasteiger partial charge in [0.2, 0.25) is 0 Å². The molecule has 1 saturated heterocycles. The van der Waals surface area contributed by atoms with Gasteiger partial charge in [-0.25, -0.2) is 4.79 Å². The van der Waals surface area contributed by atoms with Crippen molar-refractivity contribution in [3.8, 4) is 11.3 Å². The van der Waals surface area contributed by atoms with Crippen LogP contribution in [0, 0.1) is 0 Å². The first-order chi connectivity index (χ1) is 11.8. The summed E-state index contributed by atoms with van der Waals surface area (Å²) in [4.78, 5) is 17.8. The zero-order valence-corrected chi connectivity index (χ0v) is 12.9. The third kappa shape index (κ3) is 2.74. The smallest absolute Gasteiger partial charge is 0.414 e. The lowest BCUT2D eigenvalue weighted by molar-refractivity contribution is 0.130. The number of benzene rings is 1.